The average molecular weight is 1360 g/mol. The number of allylic oxidation sites excluding steroid dienone is 4. The Kier molecular flexibility index (Phi) is 62.5. The first-order chi connectivity index (χ1) is 44.7. The molecule has 0 aliphatic heterocycles. The van der Waals surface area contributed by atoms with Gasteiger partial charge in [-0.1, -0.05) is 297 Å². The molecule has 0 aliphatic carbocycles. The number of carbonyl (C=O) groups excluding carboxylic acids is 4. The number of esters is 4. The van der Waals surface area contributed by atoms with Gasteiger partial charge in [-0.3, -0.25) is 37.3 Å². The molecule has 3 N–H and O–H groups in total. The number of rotatable bonds is 70. The van der Waals surface area contributed by atoms with Gasteiger partial charge in [0.2, 0.25) is 0 Å². The van der Waals surface area contributed by atoms with Gasteiger partial charge in [-0.2, -0.15) is 0 Å². The summed E-state index contributed by atoms with van der Waals surface area (Å²) in [5.74, 6) is 0.0973. The van der Waals surface area contributed by atoms with E-state index < -0.39 is 97.5 Å². The molecule has 0 heterocycles. The van der Waals surface area contributed by atoms with Crippen LogP contribution in [0.4, 0.5) is 0 Å². The van der Waals surface area contributed by atoms with Crippen LogP contribution >= 0.6 is 15.6 Å². The van der Waals surface area contributed by atoms with E-state index in [9.17, 15) is 43.2 Å². The Bertz CT molecular complexity index is 1910. The van der Waals surface area contributed by atoms with Crippen molar-refractivity contribution in [3.8, 4) is 0 Å². The number of phosphoric acid groups is 2. The number of hydrogen-bond acceptors (Lipinski definition) is 15. The van der Waals surface area contributed by atoms with Crippen LogP contribution in [0, 0.1) is 17.8 Å². The van der Waals surface area contributed by atoms with Crippen molar-refractivity contribution in [2.45, 2.75) is 369 Å². The molecule has 0 saturated heterocycles. The zero-order valence-corrected chi connectivity index (χ0v) is 62.0. The van der Waals surface area contributed by atoms with Crippen molar-refractivity contribution in [1.82, 2.24) is 0 Å². The third-order valence-electron chi connectivity index (χ3n) is 16.5. The molecule has 93 heavy (non-hydrogen) atoms. The second-order valence-electron chi connectivity index (χ2n) is 27.4. The van der Waals surface area contributed by atoms with Gasteiger partial charge in [0.1, 0.15) is 19.3 Å². The SMILES string of the molecule is CCCCCC/C=C\C=C/CCCCCCCC(=O)O[C@H](COC(=O)CCCCCCCCCCCCC(C)C)COP(=O)(O)OC[C@@H](O)COP(=O)(O)OC[C@@H](COC(=O)CCCCCCCCCCCC(C)C)OC(=O)CCCCCCCCCCCCC(C)C. The Morgan fingerprint density at radius 3 is 0.871 bits per heavy atom. The lowest BCUT2D eigenvalue weighted by Gasteiger charge is -2.21. The lowest BCUT2D eigenvalue weighted by Crippen LogP contribution is -2.30. The molecule has 0 amide bonds. The number of ether oxygens (including phenoxy) is 4. The summed E-state index contributed by atoms with van der Waals surface area (Å²) in [5.41, 5.74) is 0. The van der Waals surface area contributed by atoms with E-state index in [1.54, 1.807) is 0 Å². The number of aliphatic hydroxyl groups excluding tert-OH is 1. The maximum atomic E-state index is 13.1. The van der Waals surface area contributed by atoms with Gasteiger partial charge in [0.25, 0.3) is 0 Å². The number of unbranched alkanes of at least 4 members (excludes halogenated alkanes) is 35. The van der Waals surface area contributed by atoms with Crippen molar-refractivity contribution in [3.63, 3.8) is 0 Å². The summed E-state index contributed by atoms with van der Waals surface area (Å²) in [5, 5.41) is 10.6. The van der Waals surface area contributed by atoms with Gasteiger partial charge in [-0.25, -0.2) is 9.13 Å². The maximum Gasteiger partial charge on any atom is 0.472 e. The molecule has 0 saturated carbocycles. The molecule has 0 aromatic carbocycles. The molecule has 548 valence electrons. The number of aliphatic hydroxyl groups is 1. The normalized spacial score (nSPS) is 14.3. The summed E-state index contributed by atoms with van der Waals surface area (Å²) >= 11 is 0. The minimum atomic E-state index is -4.96. The number of phosphoric ester groups is 2. The van der Waals surface area contributed by atoms with E-state index in [0.29, 0.717) is 25.7 Å². The summed E-state index contributed by atoms with van der Waals surface area (Å²) in [6, 6.07) is 0. The van der Waals surface area contributed by atoms with Crippen LogP contribution < -0.4 is 0 Å². The van der Waals surface area contributed by atoms with Gasteiger partial charge in [0, 0.05) is 25.7 Å². The Balaban J connectivity index is 5.31. The lowest BCUT2D eigenvalue weighted by atomic mass is 10.0. The van der Waals surface area contributed by atoms with Crippen LogP contribution in [0.15, 0.2) is 24.3 Å². The predicted molar refractivity (Wildman–Crippen MR) is 377 cm³/mol. The average Bonchev–Trinajstić information content (AvgIpc) is 3.61. The van der Waals surface area contributed by atoms with Crippen molar-refractivity contribution in [2.75, 3.05) is 39.6 Å². The fourth-order valence-electron chi connectivity index (χ4n) is 10.7. The van der Waals surface area contributed by atoms with E-state index in [4.69, 9.17) is 37.0 Å². The fourth-order valence-corrected chi connectivity index (χ4v) is 12.3. The van der Waals surface area contributed by atoms with Crippen molar-refractivity contribution in [1.29, 1.82) is 0 Å². The fraction of sp³-hybridized carbons (Fsp3) is 0.892. The van der Waals surface area contributed by atoms with Crippen LogP contribution in [0.2, 0.25) is 0 Å². The van der Waals surface area contributed by atoms with E-state index in [2.05, 4.69) is 72.8 Å². The van der Waals surface area contributed by atoms with E-state index >= 15 is 0 Å². The van der Waals surface area contributed by atoms with Gasteiger partial charge in [0.05, 0.1) is 26.4 Å². The zero-order valence-electron chi connectivity index (χ0n) is 60.2. The molecule has 0 aromatic rings. The molecule has 0 spiro atoms. The first kappa shape index (κ1) is 90.5. The highest BCUT2D eigenvalue weighted by atomic mass is 31.2. The van der Waals surface area contributed by atoms with Crippen LogP contribution in [0.5, 0.6) is 0 Å². The topological polar surface area (TPSA) is 237 Å². The van der Waals surface area contributed by atoms with Crippen molar-refractivity contribution in [2.24, 2.45) is 17.8 Å². The minimum absolute atomic E-state index is 0.0844. The Morgan fingerprint density at radius 2 is 0.581 bits per heavy atom. The van der Waals surface area contributed by atoms with Crippen LogP contribution in [0.1, 0.15) is 350 Å². The highest BCUT2D eigenvalue weighted by molar-refractivity contribution is 7.47. The Hall–Kier alpha value is -2.46. The second-order valence-corrected chi connectivity index (χ2v) is 30.3. The van der Waals surface area contributed by atoms with Crippen LogP contribution in [-0.4, -0.2) is 96.7 Å². The summed E-state index contributed by atoms with van der Waals surface area (Å²) in [6.07, 6.45) is 52.1. The molecule has 2 unspecified atom stereocenters. The third-order valence-corrected chi connectivity index (χ3v) is 18.4. The van der Waals surface area contributed by atoms with Gasteiger partial charge >= 0.3 is 39.5 Å². The smallest absolute Gasteiger partial charge is 0.462 e. The first-order valence-electron chi connectivity index (χ1n) is 37.7. The first-order valence-corrected chi connectivity index (χ1v) is 40.7. The van der Waals surface area contributed by atoms with Crippen LogP contribution in [-0.2, 0) is 65.4 Å². The third kappa shape index (κ3) is 67.9. The van der Waals surface area contributed by atoms with Gasteiger partial charge in [-0.15, -0.1) is 0 Å². The van der Waals surface area contributed by atoms with E-state index in [1.165, 1.54) is 148 Å². The van der Waals surface area contributed by atoms with Crippen molar-refractivity contribution in [3.05, 3.63) is 24.3 Å². The van der Waals surface area contributed by atoms with E-state index in [1.807, 2.05) is 0 Å². The summed E-state index contributed by atoms with van der Waals surface area (Å²) in [6.45, 7) is 11.8. The highest BCUT2D eigenvalue weighted by Crippen LogP contribution is 2.45. The minimum Gasteiger partial charge on any atom is -0.462 e. The quantitative estimate of drug-likeness (QED) is 0.0169. The predicted octanol–water partition coefficient (Wildman–Crippen LogP) is 21.0. The summed E-state index contributed by atoms with van der Waals surface area (Å²) in [7, 11) is -9.92. The molecule has 19 heteroatoms. The van der Waals surface area contributed by atoms with Crippen molar-refractivity contribution < 1.29 is 80.2 Å². The van der Waals surface area contributed by atoms with E-state index in [0.717, 1.165) is 120 Å². The summed E-state index contributed by atoms with van der Waals surface area (Å²) < 4.78 is 68.4. The lowest BCUT2D eigenvalue weighted by molar-refractivity contribution is -0.161. The van der Waals surface area contributed by atoms with Gasteiger partial charge in [-0.05, 0) is 69.1 Å². The highest BCUT2D eigenvalue weighted by Gasteiger charge is 2.30. The standard InChI is InChI=1S/C74H140O17P2/c1-8-9-10-11-12-13-14-15-16-17-18-28-36-43-50-57-73(78)90-69(61-84-71(76)55-48-41-34-27-21-19-24-31-38-45-52-65(2)3)63-88-92(80,81)86-59-68(75)60-87-93(82,83)89-64-70(62-85-72(77)56-49-42-35-30-23-26-33-40-47-54-67(6)7)91-74(79)58-51-44-37-29-22-20-25-32-39-46-53-66(4)5/h13-16,65-70,75H,8-12,17-64H2,1-7H3,(H,80,81)(H,82,83)/b14-13-,16-15-/t68-,69-,70-/m1/s1. The van der Waals surface area contributed by atoms with E-state index in [-0.39, 0.29) is 25.7 Å². The molecule has 0 fully saturated rings. The monoisotopic (exact) mass is 1360 g/mol. The molecular weight excluding hydrogens is 1220 g/mol. The molecule has 0 radical (unpaired) electrons. The van der Waals surface area contributed by atoms with Crippen molar-refractivity contribution >= 4 is 39.5 Å². The second kappa shape index (κ2) is 64.2. The number of carbonyl (C=O) groups is 4. The zero-order chi connectivity index (χ0) is 68.7. The van der Waals surface area contributed by atoms with Crippen LogP contribution in [0.25, 0.3) is 0 Å². The van der Waals surface area contributed by atoms with Crippen LogP contribution in [0.3, 0.4) is 0 Å². The Labute approximate surface area is 567 Å². The maximum absolute atomic E-state index is 13.1. The molecule has 0 rings (SSSR count). The molecule has 5 atom stereocenters. The molecule has 0 aromatic heterocycles. The Morgan fingerprint density at radius 1 is 0.333 bits per heavy atom. The summed E-state index contributed by atoms with van der Waals surface area (Å²) in [4.78, 5) is 72.7. The molecular formula is C74H140O17P2. The van der Waals surface area contributed by atoms with Gasteiger partial charge < -0.3 is 33.8 Å². The largest absolute Gasteiger partial charge is 0.472 e. The number of hydrogen-bond donors (Lipinski definition) is 3. The van der Waals surface area contributed by atoms with Gasteiger partial charge in [0.15, 0.2) is 12.2 Å². The molecule has 0 aliphatic rings. The molecule has 17 nitrogen and oxygen atoms in total. The molecule has 0 bridgehead atoms.